The van der Waals surface area contributed by atoms with Crippen molar-refractivity contribution in [2.24, 2.45) is 11.7 Å². The van der Waals surface area contributed by atoms with E-state index in [4.69, 9.17) is 10.5 Å². The summed E-state index contributed by atoms with van der Waals surface area (Å²) >= 11 is 0. The summed E-state index contributed by atoms with van der Waals surface area (Å²) in [6, 6.07) is 4.26. The van der Waals surface area contributed by atoms with Crippen molar-refractivity contribution in [2.75, 3.05) is 7.11 Å². The number of hydrogen-bond donors (Lipinski definition) is 3. The van der Waals surface area contributed by atoms with Crippen LogP contribution in [0, 0.1) is 5.92 Å². The zero-order valence-electron chi connectivity index (χ0n) is 9.84. The van der Waals surface area contributed by atoms with E-state index in [1.54, 1.807) is 12.1 Å². The van der Waals surface area contributed by atoms with Crippen LogP contribution in [0.5, 0.6) is 11.5 Å². The lowest BCUT2D eigenvalue weighted by atomic mass is 9.93. The number of benzene rings is 1. The topological polar surface area (TPSA) is 75.7 Å². The number of aliphatic hydroxyl groups is 1. The SMILES string of the molecule is COc1cccc(O)c1[C@H](N)[C@H](O)C(C)C. The van der Waals surface area contributed by atoms with Gasteiger partial charge in [0, 0.05) is 0 Å². The van der Waals surface area contributed by atoms with Crippen molar-refractivity contribution in [3.63, 3.8) is 0 Å². The molecule has 0 amide bonds. The van der Waals surface area contributed by atoms with Gasteiger partial charge in [0.05, 0.1) is 24.8 Å². The summed E-state index contributed by atoms with van der Waals surface area (Å²) in [4.78, 5) is 0. The van der Waals surface area contributed by atoms with Crippen molar-refractivity contribution in [1.82, 2.24) is 0 Å². The molecule has 0 aliphatic heterocycles. The van der Waals surface area contributed by atoms with E-state index in [1.807, 2.05) is 13.8 Å². The molecule has 0 aromatic heterocycles. The second-order valence-corrected chi connectivity index (χ2v) is 4.15. The van der Waals surface area contributed by atoms with Crippen LogP contribution in [-0.2, 0) is 0 Å². The van der Waals surface area contributed by atoms with Crippen molar-refractivity contribution >= 4 is 0 Å². The third kappa shape index (κ3) is 2.46. The highest BCUT2D eigenvalue weighted by atomic mass is 16.5. The number of rotatable bonds is 4. The molecule has 0 saturated carbocycles. The molecule has 0 spiro atoms. The lowest BCUT2D eigenvalue weighted by molar-refractivity contribution is 0.0959. The molecule has 0 aliphatic carbocycles. The Bertz CT molecular complexity index is 352. The summed E-state index contributed by atoms with van der Waals surface area (Å²) in [6.45, 7) is 3.74. The van der Waals surface area contributed by atoms with Crippen LogP contribution in [0.1, 0.15) is 25.5 Å². The van der Waals surface area contributed by atoms with Crippen molar-refractivity contribution in [3.8, 4) is 11.5 Å². The largest absolute Gasteiger partial charge is 0.507 e. The van der Waals surface area contributed by atoms with Crippen LogP contribution in [0.25, 0.3) is 0 Å². The molecule has 4 nitrogen and oxygen atoms in total. The molecule has 0 radical (unpaired) electrons. The van der Waals surface area contributed by atoms with Crippen molar-refractivity contribution in [3.05, 3.63) is 23.8 Å². The van der Waals surface area contributed by atoms with Gasteiger partial charge in [-0.05, 0) is 18.1 Å². The molecular weight excluding hydrogens is 206 g/mol. The highest BCUT2D eigenvalue weighted by Crippen LogP contribution is 2.34. The Kier molecular flexibility index (Phi) is 4.15. The van der Waals surface area contributed by atoms with Gasteiger partial charge in [0.25, 0.3) is 0 Å². The normalized spacial score (nSPS) is 14.9. The Morgan fingerprint density at radius 3 is 2.44 bits per heavy atom. The van der Waals surface area contributed by atoms with E-state index in [0.717, 1.165) is 0 Å². The van der Waals surface area contributed by atoms with E-state index in [9.17, 15) is 10.2 Å². The number of ether oxygens (including phenoxy) is 1. The first kappa shape index (κ1) is 12.8. The van der Waals surface area contributed by atoms with E-state index >= 15 is 0 Å². The lowest BCUT2D eigenvalue weighted by Gasteiger charge is -2.24. The van der Waals surface area contributed by atoms with E-state index in [2.05, 4.69) is 0 Å². The molecule has 0 bridgehead atoms. The maximum absolute atomic E-state index is 9.90. The monoisotopic (exact) mass is 225 g/mol. The zero-order chi connectivity index (χ0) is 12.3. The van der Waals surface area contributed by atoms with Gasteiger partial charge in [0.1, 0.15) is 11.5 Å². The van der Waals surface area contributed by atoms with Gasteiger partial charge >= 0.3 is 0 Å². The molecule has 0 saturated heterocycles. The smallest absolute Gasteiger partial charge is 0.127 e. The van der Waals surface area contributed by atoms with Crippen molar-refractivity contribution < 1.29 is 14.9 Å². The average Bonchev–Trinajstić information content (AvgIpc) is 2.26. The summed E-state index contributed by atoms with van der Waals surface area (Å²) in [6.07, 6.45) is -0.720. The fourth-order valence-electron chi connectivity index (χ4n) is 1.63. The number of phenolic OH excluding ortho intramolecular Hbond substituents is 1. The first-order chi connectivity index (χ1) is 7.49. The quantitative estimate of drug-likeness (QED) is 0.724. The molecule has 90 valence electrons. The molecular formula is C12H19NO3. The van der Waals surface area contributed by atoms with Crippen LogP contribution in [0.15, 0.2) is 18.2 Å². The Labute approximate surface area is 95.7 Å². The van der Waals surface area contributed by atoms with Gasteiger partial charge in [0.15, 0.2) is 0 Å². The Balaban J connectivity index is 3.11. The predicted molar refractivity (Wildman–Crippen MR) is 62.4 cm³/mol. The highest BCUT2D eigenvalue weighted by molar-refractivity contribution is 5.46. The molecule has 0 fully saturated rings. The molecule has 2 atom stereocenters. The Morgan fingerprint density at radius 2 is 1.94 bits per heavy atom. The molecule has 0 aliphatic rings. The predicted octanol–water partition coefficient (Wildman–Crippen LogP) is 1.42. The summed E-state index contributed by atoms with van der Waals surface area (Å²) in [5, 5.41) is 19.7. The van der Waals surface area contributed by atoms with Crippen LogP contribution < -0.4 is 10.5 Å². The maximum atomic E-state index is 9.90. The van der Waals surface area contributed by atoms with Crippen LogP contribution >= 0.6 is 0 Å². The van der Waals surface area contributed by atoms with Gasteiger partial charge in [-0.25, -0.2) is 0 Å². The van der Waals surface area contributed by atoms with Crippen LogP contribution in [0.3, 0.4) is 0 Å². The average molecular weight is 225 g/mol. The van der Waals surface area contributed by atoms with E-state index in [1.165, 1.54) is 13.2 Å². The van der Waals surface area contributed by atoms with Crippen molar-refractivity contribution in [2.45, 2.75) is 26.0 Å². The molecule has 1 aromatic rings. The second-order valence-electron chi connectivity index (χ2n) is 4.15. The molecule has 1 rings (SSSR count). The number of methoxy groups -OCH3 is 1. The first-order valence-corrected chi connectivity index (χ1v) is 5.28. The second kappa shape index (κ2) is 5.18. The molecule has 4 heteroatoms. The van der Waals surface area contributed by atoms with Gasteiger partial charge in [-0.15, -0.1) is 0 Å². The Hall–Kier alpha value is -1.26. The van der Waals surface area contributed by atoms with E-state index in [0.29, 0.717) is 11.3 Å². The molecule has 1 aromatic carbocycles. The number of aliphatic hydroxyl groups excluding tert-OH is 1. The number of nitrogens with two attached hydrogens (primary N) is 1. The maximum Gasteiger partial charge on any atom is 0.127 e. The van der Waals surface area contributed by atoms with Gasteiger partial charge < -0.3 is 20.7 Å². The van der Waals surface area contributed by atoms with Gasteiger partial charge in [0.2, 0.25) is 0 Å². The van der Waals surface area contributed by atoms with Gasteiger partial charge in [-0.3, -0.25) is 0 Å². The van der Waals surface area contributed by atoms with Gasteiger partial charge in [-0.2, -0.15) is 0 Å². The minimum atomic E-state index is -0.720. The van der Waals surface area contributed by atoms with Crippen LogP contribution in [0.4, 0.5) is 0 Å². The van der Waals surface area contributed by atoms with Crippen LogP contribution in [0.2, 0.25) is 0 Å². The Morgan fingerprint density at radius 1 is 1.31 bits per heavy atom. The summed E-state index contributed by atoms with van der Waals surface area (Å²) < 4.78 is 5.13. The molecule has 0 unspecified atom stereocenters. The lowest BCUT2D eigenvalue weighted by Crippen LogP contribution is -2.30. The number of phenols is 1. The summed E-state index contributed by atoms with van der Waals surface area (Å²) in [5.41, 5.74) is 6.38. The van der Waals surface area contributed by atoms with E-state index in [-0.39, 0.29) is 11.7 Å². The number of hydrogen-bond acceptors (Lipinski definition) is 4. The van der Waals surface area contributed by atoms with E-state index < -0.39 is 12.1 Å². The summed E-state index contributed by atoms with van der Waals surface area (Å²) in [7, 11) is 1.51. The summed E-state index contributed by atoms with van der Waals surface area (Å²) in [5.74, 6) is 0.554. The van der Waals surface area contributed by atoms with Gasteiger partial charge in [-0.1, -0.05) is 19.9 Å². The fraction of sp³-hybridized carbons (Fsp3) is 0.500. The third-order valence-corrected chi connectivity index (χ3v) is 2.65. The number of aromatic hydroxyl groups is 1. The minimum absolute atomic E-state index is 0.0133. The molecule has 0 heterocycles. The standard InChI is InChI=1S/C12H19NO3/c1-7(2)12(15)11(13)10-8(14)5-4-6-9(10)16-3/h4-7,11-12,14-15H,13H2,1-3H3/t11-,12+/m0/s1. The van der Waals surface area contributed by atoms with Crippen molar-refractivity contribution in [1.29, 1.82) is 0 Å². The molecule has 4 N–H and O–H groups in total. The fourth-order valence-corrected chi connectivity index (χ4v) is 1.63. The zero-order valence-corrected chi connectivity index (χ0v) is 9.84. The minimum Gasteiger partial charge on any atom is -0.507 e. The first-order valence-electron chi connectivity index (χ1n) is 5.28. The highest BCUT2D eigenvalue weighted by Gasteiger charge is 2.25. The molecule has 16 heavy (non-hydrogen) atoms. The third-order valence-electron chi connectivity index (χ3n) is 2.65. The van der Waals surface area contributed by atoms with Crippen LogP contribution in [-0.4, -0.2) is 23.4 Å².